The number of nitrogens with zero attached hydrogens (tertiary/aromatic N) is 2. The molecule has 0 spiro atoms. The fourth-order valence-corrected chi connectivity index (χ4v) is 5.24. The molecular weight excluding hydrogens is 411 g/mol. The third-order valence-electron chi connectivity index (χ3n) is 7.12. The summed E-state index contributed by atoms with van der Waals surface area (Å²) in [6, 6.07) is 1.59. The van der Waals surface area contributed by atoms with Crippen molar-refractivity contribution in [3.05, 3.63) is 29.1 Å². The molecule has 1 saturated carbocycles. The maximum Gasteiger partial charge on any atom is 0.417 e. The normalized spacial score (nSPS) is 28.4. The molecule has 1 saturated heterocycles. The second-order valence-corrected chi connectivity index (χ2v) is 9.13. The van der Waals surface area contributed by atoms with E-state index in [2.05, 4.69) is 10.3 Å². The fraction of sp³-hybridized carbons (Fsp3) is 0.727. The highest BCUT2D eigenvalue weighted by molar-refractivity contribution is 5.84. The number of fused-ring (bicyclic) bond motifs is 1. The number of hydrogen-bond donors (Lipinski definition) is 2. The number of aliphatic hydroxyl groups is 1. The van der Waals surface area contributed by atoms with Crippen molar-refractivity contribution in [1.29, 1.82) is 0 Å². The Morgan fingerprint density at radius 1 is 1.32 bits per heavy atom. The molecule has 3 atom stereocenters. The molecule has 0 aromatic carbocycles. The van der Waals surface area contributed by atoms with Crippen LogP contribution in [0.15, 0.2) is 12.3 Å². The van der Waals surface area contributed by atoms with Gasteiger partial charge in [-0.1, -0.05) is 0 Å². The maximum atomic E-state index is 13.6. The number of pyridine rings is 1. The van der Waals surface area contributed by atoms with E-state index in [-0.39, 0.29) is 18.5 Å². The summed E-state index contributed by atoms with van der Waals surface area (Å²) in [6.07, 6.45) is -0.271. The molecule has 172 valence electrons. The molecule has 1 aromatic heterocycles. The van der Waals surface area contributed by atoms with Crippen molar-refractivity contribution in [1.82, 2.24) is 15.2 Å². The van der Waals surface area contributed by atoms with Crippen LogP contribution in [-0.4, -0.2) is 58.8 Å². The third kappa shape index (κ3) is 4.59. The number of aromatic nitrogens is 1. The predicted molar refractivity (Wildman–Crippen MR) is 107 cm³/mol. The summed E-state index contributed by atoms with van der Waals surface area (Å²) in [5, 5.41) is 14.2. The summed E-state index contributed by atoms with van der Waals surface area (Å²) in [6.45, 7) is 3.60. The largest absolute Gasteiger partial charge is 0.417 e. The molecule has 4 rings (SSSR count). The van der Waals surface area contributed by atoms with E-state index >= 15 is 0 Å². The molecule has 1 unspecified atom stereocenters. The number of halogens is 3. The van der Waals surface area contributed by atoms with Crippen molar-refractivity contribution in [2.75, 3.05) is 19.8 Å². The standard InChI is InChI=1S/C22H30F3N3O3/c1-14(29)21(6-2-18(11-21)27-17-4-8-31-9-5-17)20(30)28-7-3-19-15(13-28)10-16(12-26-19)22(23,24)25/h10,12,14,17-18,27,29H,2-9,11,13H2,1H3/t14?,18-,21+/m1/s1. The van der Waals surface area contributed by atoms with Gasteiger partial charge in [-0.25, -0.2) is 0 Å². The summed E-state index contributed by atoms with van der Waals surface area (Å²) < 4.78 is 44.7. The number of amides is 1. The van der Waals surface area contributed by atoms with Crippen molar-refractivity contribution in [2.45, 2.75) is 76.4 Å². The van der Waals surface area contributed by atoms with E-state index in [1.807, 2.05) is 0 Å². The fourth-order valence-electron chi connectivity index (χ4n) is 5.24. The molecule has 1 amide bonds. The molecule has 3 aliphatic rings. The minimum absolute atomic E-state index is 0.0949. The highest BCUT2D eigenvalue weighted by Crippen LogP contribution is 2.44. The van der Waals surface area contributed by atoms with Gasteiger partial charge in [0.25, 0.3) is 0 Å². The van der Waals surface area contributed by atoms with Crippen LogP contribution in [0.2, 0.25) is 0 Å². The Hall–Kier alpha value is -1.71. The van der Waals surface area contributed by atoms with Gasteiger partial charge in [-0.05, 0) is 50.7 Å². The zero-order chi connectivity index (χ0) is 22.2. The zero-order valence-corrected chi connectivity index (χ0v) is 17.7. The van der Waals surface area contributed by atoms with Crippen LogP contribution in [0.25, 0.3) is 0 Å². The summed E-state index contributed by atoms with van der Waals surface area (Å²) in [7, 11) is 0. The Labute approximate surface area is 180 Å². The predicted octanol–water partition coefficient (Wildman–Crippen LogP) is 2.67. The number of alkyl halides is 3. The van der Waals surface area contributed by atoms with Crippen LogP contribution in [0.3, 0.4) is 0 Å². The Morgan fingerprint density at radius 3 is 2.74 bits per heavy atom. The minimum Gasteiger partial charge on any atom is -0.392 e. The summed E-state index contributed by atoms with van der Waals surface area (Å²) in [5.74, 6) is -0.165. The van der Waals surface area contributed by atoms with Crippen LogP contribution in [0.1, 0.15) is 55.8 Å². The van der Waals surface area contributed by atoms with Gasteiger partial charge in [0.2, 0.25) is 5.91 Å². The van der Waals surface area contributed by atoms with E-state index < -0.39 is 23.3 Å². The summed E-state index contributed by atoms with van der Waals surface area (Å²) in [4.78, 5) is 19.2. The Morgan fingerprint density at radius 2 is 2.06 bits per heavy atom. The molecule has 0 radical (unpaired) electrons. The van der Waals surface area contributed by atoms with Gasteiger partial charge in [-0.2, -0.15) is 13.2 Å². The van der Waals surface area contributed by atoms with Gasteiger partial charge in [0.05, 0.1) is 17.1 Å². The smallest absolute Gasteiger partial charge is 0.392 e. The molecule has 0 bridgehead atoms. The summed E-state index contributed by atoms with van der Waals surface area (Å²) >= 11 is 0. The molecule has 6 nitrogen and oxygen atoms in total. The Bertz CT molecular complexity index is 811. The second-order valence-electron chi connectivity index (χ2n) is 9.13. The molecule has 1 aliphatic carbocycles. The zero-order valence-electron chi connectivity index (χ0n) is 17.7. The van der Waals surface area contributed by atoms with Gasteiger partial charge in [-0.3, -0.25) is 9.78 Å². The van der Waals surface area contributed by atoms with E-state index in [0.29, 0.717) is 43.1 Å². The quantitative estimate of drug-likeness (QED) is 0.752. The van der Waals surface area contributed by atoms with Gasteiger partial charge < -0.3 is 20.1 Å². The van der Waals surface area contributed by atoms with E-state index in [1.165, 1.54) is 0 Å². The average Bonchev–Trinajstić information content (AvgIpc) is 3.17. The number of ether oxygens (including phenoxy) is 1. The maximum absolute atomic E-state index is 13.6. The van der Waals surface area contributed by atoms with Crippen LogP contribution in [0.4, 0.5) is 13.2 Å². The molecule has 3 heterocycles. The van der Waals surface area contributed by atoms with Gasteiger partial charge in [-0.15, -0.1) is 0 Å². The number of carbonyl (C=O) groups excluding carboxylic acids is 1. The van der Waals surface area contributed by atoms with Crippen LogP contribution < -0.4 is 5.32 Å². The number of hydrogen-bond acceptors (Lipinski definition) is 5. The molecule has 2 fully saturated rings. The highest BCUT2D eigenvalue weighted by Gasteiger charge is 2.51. The first-order valence-electron chi connectivity index (χ1n) is 11.1. The lowest BCUT2D eigenvalue weighted by Crippen LogP contribution is -2.51. The Kier molecular flexibility index (Phi) is 6.29. The van der Waals surface area contributed by atoms with Crippen LogP contribution in [0.5, 0.6) is 0 Å². The van der Waals surface area contributed by atoms with E-state index in [4.69, 9.17) is 4.74 Å². The third-order valence-corrected chi connectivity index (χ3v) is 7.12. The summed E-state index contributed by atoms with van der Waals surface area (Å²) in [5.41, 5.74) is -0.666. The lowest BCUT2D eigenvalue weighted by atomic mass is 9.78. The van der Waals surface area contributed by atoms with Crippen molar-refractivity contribution >= 4 is 5.91 Å². The lowest BCUT2D eigenvalue weighted by Gasteiger charge is -2.39. The van der Waals surface area contributed by atoms with Gasteiger partial charge in [0.1, 0.15) is 0 Å². The van der Waals surface area contributed by atoms with Crippen LogP contribution in [-0.2, 0) is 28.7 Å². The van der Waals surface area contributed by atoms with Crippen molar-refractivity contribution in [3.8, 4) is 0 Å². The number of carbonyl (C=O) groups is 1. The van der Waals surface area contributed by atoms with Crippen molar-refractivity contribution in [3.63, 3.8) is 0 Å². The van der Waals surface area contributed by atoms with E-state index in [9.17, 15) is 23.1 Å². The molecule has 2 aliphatic heterocycles. The molecule has 2 N–H and O–H groups in total. The first-order chi connectivity index (χ1) is 14.7. The number of nitrogens with one attached hydrogen (secondary N) is 1. The molecular formula is C22H30F3N3O3. The second kappa shape index (κ2) is 8.67. The highest BCUT2D eigenvalue weighted by atomic mass is 19.4. The average molecular weight is 441 g/mol. The number of aliphatic hydroxyl groups excluding tert-OH is 1. The SMILES string of the molecule is CC(O)[C@]1(C(=O)N2CCc3ncc(C(F)(F)F)cc3C2)CC[C@@H](NC2CCOCC2)C1. The topological polar surface area (TPSA) is 74.7 Å². The van der Waals surface area contributed by atoms with Crippen molar-refractivity contribution in [2.24, 2.45) is 5.41 Å². The first-order valence-corrected chi connectivity index (χ1v) is 11.1. The van der Waals surface area contributed by atoms with Gasteiger partial charge >= 0.3 is 6.18 Å². The van der Waals surface area contributed by atoms with Crippen LogP contribution >= 0.6 is 0 Å². The Balaban J connectivity index is 1.48. The molecule has 31 heavy (non-hydrogen) atoms. The van der Waals surface area contributed by atoms with E-state index in [0.717, 1.165) is 44.7 Å². The van der Waals surface area contributed by atoms with Gasteiger partial charge in [0, 0.05) is 56.7 Å². The molecule has 9 heteroatoms. The van der Waals surface area contributed by atoms with E-state index in [1.54, 1.807) is 11.8 Å². The van der Waals surface area contributed by atoms with Gasteiger partial charge in [0.15, 0.2) is 0 Å². The number of rotatable bonds is 4. The molecule has 1 aromatic rings. The first kappa shape index (κ1) is 22.5. The lowest BCUT2D eigenvalue weighted by molar-refractivity contribution is -0.149. The minimum atomic E-state index is -4.47. The monoisotopic (exact) mass is 441 g/mol. The van der Waals surface area contributed by atoms with Crippen LogP contribution in [0, 0.1) is 5.41 Å². The van der Waals surface area contributed by atoms with Crippen molar-refractivity contribution < 1.29 is 27.8 Å².